The highest BCUT2D eigenvalue weighted by Gasteiger charge is 2.18. The molecule has 0 aliphatic rings. The van der Waals surface area contributed by atoms with E-state index >= 15 is 0 Å². The maximum absolute atomic E-state index is 12.2. The van der Waals surface area contributed by atoms with Crippen molar-refractivity contribution in [2.45, 2.75) is 37.3 Å². The molecule has 2 rings (SSSR count). The third-order valence-corrected chi connectivity index (χ3v) is 5.80. The van der Waals surface area contributed by atoms with Crippen molar-refractivity contribution in [3.63, 3.8) is 0 Å². The summed E-state index contributed by atoms with van der Waals surface area (Å²) in [6, 6.07) is 11.4. The molecule has 0 radical (unpaired) electrons. The van der Waals surface area contributed by atoms with Crippen LogP contribution in [-0.4, -0.2) is 19.6 Å². The monoisotopic (exact) mass is 325 g/mol. The van der Waals surface area contributed by atoms with Crippen LogP contribution in [-0.2, 0) is 23.1 Å². The van der Waals surface area contributed by atoms with Gasteiger partial charge in [0, 0.05) is 16.3 Å². The van der Waals surface area contributed by atoms with Crippen LogP contribution in [0.5, 0.6) is 0 Å². The molecule has 2 N–H and O–H groups in total. The predicted molar refractivity (Wildman–Crippen MR) is 84.8 cm³/mol. The Labute approximate surface area is 129 Å². The van der Waals surface area contributed by atoms with E-state index in [-0.39, 0.29) is 17.5 Å². The molecule has 0 amide bonds. The summed E-state index contributed by atoms with van der Waals surface area (Å²) in [7, 11) is -3.50. The Bertz CT molecular complexity index is 665. The molecule has 1 heterocycles. The number of nitrogens with one attached hydrogen (secondary N) is 1. The lowest BCUT2D eigenvalue weighted by Crippen LogP contribution is -2.32. The Hall–Kier alpha value is -1.21. The molecule has 1 atom stereocenters. The highest BCUT2D eigenvalue weighted by Crippen LogP contribution is 2.19. The molecule has 0 aliphatic heterocycles. The number of benzene rings is 1. The van der Waals surface area contributed by atoms with Crippen LogP contribution >= 0.6 is 11.3 Å². The van der Waals surface area contributed by atoms with Crippen molar-refractivity contribution in [2.75, 3.05) is 0 Å². The van der Waals surface area contributed by atoms with Gasteiger partial charge in [-0.25, -0.2) is 13.1 Å². The van der Waals surface area contributed by atoms with Gasteiger partial charge in [-0.15, -0.1) is 11.3 Å². The average molecular weight is 325 g/mol. The number of rotatable bonds is 7. The molecule has 114 valence electrons. The van der Waals surface area contributed by atoms with E-state index < -0.39 is 10.0 Å². The first-order valence-electron chi connectivity index (χ1n) is 6.76. The first kappa shape index (κ1) is 16.2. The molecule has 21 heavy (non-hydrogen) atoms. The van der Waals surface area contributed by atoms with E-state index in [4.69, 9.17) is 5.11 Å². The molecule has 6 heteroatoms. The van der Waals surface area contributed by atoms with Crippen molar-refractivity contribution in [2.24, 2.45) is 0 Å². The highest BCUT2D eigenvalue weighted by molar-refractivity contribution is 7.89. The van der Waals surface area contributed by atoms with E-state index in [0.717, 1.165) is 12.8 Å². The normalized spacial score (nSPS) is 13.2. The van der Waals surface area contributed by atoms with E-state index in [9.17, 15) is 8.42 Å². The second-order valence-corrected chi connectivity index (χ2v) is 7.66. The van der Waals surface area contributed by atoms with Gasteiger partial charge < -0.3 is 5.11 Å². The maximum Gasteiger partial charge on any atom is 0.241 e. The molecule has 0 saturated carbocycles. The first-order chi connectivity index (χ1) is 10.0. The van der Waals surface area contributed by atoms with Crippen LogP contribution in [0.25, 0.3) is 0 Å². The van der Waals surface area contributed by atoms with E-state index in [1.807, 2.05) is 37.3 Å². The Morgan fingerprint density at radius 3 is 2.62 bits per heavy atom. The third-order valence-electron chi connectivity index (χ3n) is 3.16. The lowest BCUT2D eigenvalue weighted by Gasteiger charge is -2.13. The molecule has 4 nitrogen and oxygen atoms in total. The minimum atomic E-state index is -3.50. The second-order valence-electron chi connectivity index (χ2n) is 4.95. The molecule has 0 saturated heterocycles. The lowest BCUT2D eigenvalue weighted by molar-refractivity contribution is 0.285. The zero-order chi connectivity index (χ0) is 15.3. The van der Waals surface area contributed by atoms with Gasteiger partial charge >= 0.3 is 0 Å². The molecule has 1 aromatic heterocycles. The predicted octanol–water partition coefficient (Wildman–Crippen LogP) is 2.54. The molecule has 0 spiro atoms. The van der Waals surface area contributed by atoms with Gasteiger partial charge in [0.05, 0.1) is 11.5 Å². The number of aryl methyl sites for hydroxylation is 1. The van der Waals surface area contributed by atoms with Crippen molar-refractivity contribution in [3.05, 3.63) is 52.2 Å². The average Bonchev–Trinajstić information content (AvgIpc) is 2.96. The van der Waals surface area contributed by atoms with E-state index in [2.05, 4.69) is 4.72 Å². The van der Waals surface area contributed by atoms with Crippen LogP contribution in [0, 0.1) is 0 Å². The Balaban J connectivity index is 1.93. The van der Waals surface area contributed by atoms with Crippen molar-refractivity contribution >= 4 is 21.4 Å². The standard InChI is InChI=1S/C15H19NO3S2/c1-12(7-8-13-5-3-2-4-6-13)16-21(18,19)15-9-14(10-17)20-11-15/h2-6,9,11-12,16-17H,7-8,10H2,1H3. The molecule has 0 aliphatic carbocycles. The van der Waals surface area contributed by atoms with Gasteiger partial charge in [0.15, 0.2) is 0 Å². The molecule has 0 bridgehead atoms. The fourth-order valence-electron chi connectivity index (χ4n) is 2.00. The van der Waals surface area contributed by atoms with Crippen molar-refractivity contribution in [1.29, 1.82) is 0 Å². The van der Waals surface area contributed by atoms with Crippen LogP contribution in [0.1, 0.15) is 23.8 Å². The largest absolute Gasteiger partial charge is 0.391 e. The van der Waals surface area contributed by atoms with Gasteiger partial charge in [0.2, 0.25) is 10.0 Å². The number of hydrogen-bond donors (Lipinski definition) is 2. The molecule has 1 unspecified atom stereocenters. The van der Waals surface area contributed by atoms with Crippen molar-refractivity contribution < 1.29 is 13.5 Å². The summed E-state index contributed by atoms with van der Waals surface area (Å²) in [5.74, 6) is 0. The van der Waals surface area contributed by atoms with E-state index in [1.165, 1.54) is 23.0 Å². The van der Waals surface area contributed by atoms with Crippen molar-refractivity contribution in [1.82, 2.24) is 4.72 Å². The fourth-order valence-corrected chi connectivity index (χ4v) is 4.42. The molecular formula is C15H19NO3S2. The van der Waals surface area contributed by atoms with Crippen LogP contribution in [0.2, 0.25) is 0 Å². The number of thiophene rings is 1. The molecule has 2 aromatic rings. The third kappa shape index (κ3) is 4.64. The van der Waals surface area contributed by atoms with Crippen LogP contribution in [0.15, 0.2) is 46.7 Å². The van der Waals surface area contributed by atoms with Gasteiger partial charge in [-0.2, -0.15) is 0 Å². The Morgan fingerprint density at radius 1 is 1.29 bits per heavy atom. The zero-order valence-corrected chi connectivity index (χ0v) is 13.5. The number of aliphatic hydroxyl groups is 1. The maximum atomic E-state index is 12.2. The lowest BCUT2D eigenvalue weighted by atomic mass is 10.1. The van der Waals surface area contributed by atoms with Crippen LogP contribution in [0.4, 0.5) is 0 Å². The number of aliphatic hydroxyl groups excluding tert-OH is 1. The van der Waals surface area contributed by atoms with Gasteiger partial charge in [-0.1, -0.05) is 30.3 Å². The van der Waals surface area contributed by atoms with Gasteiger partial charge in [0.1, 0.15) is 0 Å². The van der Waals surface area contributed by atoms with Crippen LogP contribution < -0.4 is 4.72 Å². The number of hydrogen-bond acceptors (Lipinski definition) is 4. The Morgan fingerprint density at radius 2 is 2.00 bits per heavy atom. The topological polar surface area (TPSA) is 66.4 Å². The minimum absolute atomic E-state index is 0.135. The summed E-state index contributed by atoms with van der Waals surface area (Å²) in [6.07, 6.45) is 1.57. The fraction of sp³-hybridized carbons (Fsp3) is 0.333. The smallest absolute Gasteiger partial charge is 0.241 e. The zero-order valence-electron chi connectivity index (χ0n) is 11.8. The first-order valence-corrected chi connectivity index (χ1v) is 9.12. The second kappa shape index (κ2) is 7.17. The summed E-state index contributed by atoms with van der Waals surface area (Å²) in [5, 5.41) is 10.6. The molecule has 1 aromatic carbocycles. The van der Waals surface area contributed by atoms with Gasteiger partial charge in [-0.3, -0.25) is 0 Å². The van der Waals surface area contributed by atoms with Gasteiger partial charge in [0.25, 0.3) is 0 Å². The van der Waals surface area contributed by atoms with E-state index in [0.29, 0.717) is 4.88 Å². The SMILES string of the molecule is CC(CCc1ccccc1)NS(=O)(=O)c1csc(CO)c1. The van der Waals surface area contributed by atoms with Crippen LogP contribution in [0.3, 0.4) is 0 Å². The number of sulfonamides is 1. The molecular weight excluding hydrogens is 306 g/mol. The highest BCUT2D eigenvalue weighted by atomic mass is 32.2. The summed E-state index contributed by atoms with van der Waals surface area (Å²) < 4.78 is 27.1. The summed E-state index contributed by atoms with van der Waals surface area (Å²) in [4.78, 5) is 0.871. The minimum Gasteiger partial charge on any atom is -0.391 e. The van der Waals surface area contributed by atoms with Crippen molar-refractivity contribution in [3.8, 4) is 0 Å². The van der Waals surface area contributed by atoms with Gasteiger partial charge in [-0.05, 0) is 31.4 Å². The Kier molecular flexibility index (Phi) is 5.52. The summed E-state index contributed by atoms with van der Waals surface area (Å²) >= 11 is 1.24. The summed E-state index contributed by atoms with van der Waals surface area (Å²) in [6.45, 7) is 1.73. The van der Waals surface area contributed by atoms with E-state index in [1.54, 1.807) is 5.38 Å². The quantitative estimate of drug-likeness (QED) is 0.822. The summed E-state index contributed by atoms with van der Waals surface area (Å²) in [5.41, 5.74) is 1.20. The molecule has 0 fully saturated rings.